The second kappa shape index (κ2) is 6.25. The first kappa shape index (κ1) is 14.7. The minimum atomic E-state index is -3.37. The molecule has 3 rings (SSSR count). The van der Waals surface area contributed by atoms with Gasteiger partial charge in [-0.3, -0.25) is 4.98 Å². The summed E-state index contributed by atoms with van der Waals surface area (Å²) >= 11 is 0. The second-order valence-electron chi connectivity index (χ2n) is 5.05. The summed E-state index contributed by atoms with van der Waals surface area (Å²) in [7, 11) is -3.37. The number of nitrogens with one attached hydrogen (secondary N) is 1. The van der Waals surface area contributed by atoms with Crippen LogP contribution in [0.1, 0.15) is 11.1 Å². The van der Waals surface area contributed by atoms with E-state index in [9.17, 15) is 8.42 Å². The summed E-state index contributed by atoms with van der Waals surface area (Å²) < 4.78 is 27.0. The van der Waals surface area contributed by atoms with E-state index in [-0.39, 0.29) is 12.3 Å². The highest BCUT2D eigenvalue weighted by Gasteiger charge is 2.12. The molecule has 22 heavy (non-hydrogen) atoms. The van der Waals surface area contributed by atoms with Crippen molar-refractivity contribution in [2.24, 2.45) is 0 Å². The third kappa shape index (κ3) is 3.50. The molecule has 0 unspecified atom stereocenters. The standard InChI is InChI=1S/C17H16N2O2S/c20-22(21,13-14-6-2-1-3-7-14)19-12-15-10-11-18-17-9-5-4-8-16(15)17/h1-11,19H,12-13H2. The first-order chi connectivity index (χ1) is 10.6. The van der Waals surface area contributed by atoms with Crippen LogP contribution in [0.2, 0.25) is 0 Å². The van der Waals surface area contributed by atoms with Crippen LogP contribution in [0.25, 0.3) is 10.9 Å². The molecule has 5 heteroatoms. The quantitative estimate of drug-likeness (QED) is 0.788. The van der Waals surface area contributed by atoms with E-state index in [1.54, 1.807) is 18.3 Å². The molecule has 1 heterocycles. The predicted octanol–water partition coefficient (Wildman–Crippen LogP) is 2.85. The maximum absolute atomic E-state index is 12.2. The van der Waals surface area contributed by atoms with Crippen molar-refractivity contribution in [1.29, 1.82) is 0 Å². The Balaban J connectivity index is 1.76. The first-order valence-corrected chi connectivity index (χ1v) is 8.63. The van der Waals surface area contributed by atoms with Crippen molar-refractivity contribution in [1.82, 2.24) is 9.71 Å². The molecule has 1 aromatic heterocycles. The Hall–Kier alpha value is -2.24. The van der Waals surface area contributed by atoms with Gasteiger partial charge < -0.3 is 0 Å². The average molecular weight is 312 g/mol. The zero-order chi connectivity index (χ0) is 15.4. The van der Waals surface area contributed by atoms with Crippen molar-refractivity contribution in [3.05, 3.63) is 78.0 Å². The maximum atomic E-state index is 12.2. The third-order valence-electron chi connectivity index (χ3n) is 3.42. The van der Waals surface area contributed by atoms with Gasteiger partial charge in [0.15, 0.2) is 0 Å². The topological polar surface area (TPSA) is 59.1 Å². The fourth-order valence-electron chi connectivity index (χ4n) is 2.34. The molecule has 0 fully saturated rings. The highest BCUT2D eigenvalue weighted by molar-refractivity contribution is 7.88. The van der Waals surface area contributed by atoms with Crippen molar-refractivity contribution < 1.29 is 8.42 Å². The van der Waals surface area contributed by atoms with Crippen LogP contribution < -0.4 is 4.72 Å². The molecule has 0 saturated heterocycles. The molecule has 0 spiro atoms. The molecular weight excluding hydrogens is 296 g/mol. The largest absolute Gasteiger partial charge is 0.256 e. The van der Waals surface area contributed by atoms with Crippen LogP contribution in [0.3, 0.4) is 0 Å². The molecule has 0 atom stereocenters. The normalized spacial score (nSPS) is 11.6. The summed E-state index contributed by atoms with van der Waals surface area (Å²) in [4.78, 5) is 4.28. The van der Waals surface area contributed by atoms with Crippen LogP contribution >= 0.6 is 0 Å². The lowest BCUT2D eigenvalue weighted by molar-refractivity contribution is 0.580. The Morgan fingerprint density at radius 1 is 0.909 bits per heavy atom. The Morgan fingerprint density at radius 2 is 1.64 bits per heavy atom. The monoisotopic (exact) mass is 312 g/mol. The van der Waals surface area contributed by atoms with Gasteiger partial charge in [0.2, 0.25) is 10.0 Å². The maximum Gasteiger partial charge on any atom is 0.216 e. The van der Waals surface area contributed by atoms with Gasteiger partial charge in [0.1, 0.15) is 0 Å². The molecule has 0 radical (unpaired) electrons. The lowest BCUT2D eigenvalue weighted by Gasteiger charge is -2.09. The molecular formula is C17H16N2O2S. The molecule has 3 aromatic rings. The summed E-state index contributed by atoms with van der Waals surface area (Å²) in [5, 5.41) is 0.965. The third-order valence-corrected chi connectivity index (χ3v) is 4.72. The number of rotatable bonds is 5. The minimum Gasteiger partial charge on any atom is -0.256 e. The van der Waals surface area contributed by atoms with Crippen LogP contribution in [-0.4, -0.2) is 13.4 Å². The van der Waals surface area contributed by atoms with Crippen molar-refractivity contribution in [2.75, 3.05) is 0 Å². The van der Waals surface area contributed by atoms with Gasteiger partial charge in [-0.05, 0) is 23.3 Å². The summed E-state index contributed by atoms with van der Waals surface area (Å²) in [6, 6.07) is 18.7. The number of sulfonamides is 1. The van der Waals surface area contributed by atoms with Gasteiger partial charge >= 0.3 is 0 Å². The van der Waals surface area contributed by atoms with Gasteiger partial charge in [0.25, 0.3) is 0 Å². The number of para-hydroxylation sites is 1. The van der Waals surface area contributed by atoms with E-state index in [1.807, 2.05) is 48.5 Å². The lowest BCUT2D eigenvalue weighted by Crippen LogP contribution is -2.24. The molecule has 4 nitrogen and oxygen atoms in total. The van der Waals surface area contributed by atoms with Crippen LogP contribution in [0.15, 0.2) is 66.9 Å². The molecule has 0 aliphatic carbocycles. The highest BCUT2D eigenvalue weighted by Crippen LogP contribution is 2.16. The Morgan fingerprint density at radius 3 is 2.45 bits per heavy atom. The van der Waals surface area contributed by atoms with Crippen LogP contribution in [-0.2, 0) is 22.3 Å². The predicted molar refractivity (Wildman–Crippen MR) is 87.6 cm³/mol. The molecule has 0 amide bonds. The van der Waals surface area contributed by atoms with E-state index in [1.165, 1.54) is 0 Å². The van der Waals surface area contributed by atoms with Gasteiger partial charge in [-0.1, -0.05) is 48.5 Å². The summed E-state index contributed by atoms with van der Waals surface area (Å²) in [5.74, 6) is -0.0170. The number of fused-ring (bicyclic) bond motifs is 1. The number of benzene rings is 2. The lowest BCUT2D eigenvalue weighted by atomic mass is 10.1. The summed E-state index contributed by atoms with van der Waals surface area (Å²) in [6.07, 6.45) is 1.70. The van der Waals surface area contributed by atoms with Gasteiger partial charge in [0, 0.05) is 18.1 Å². The molecule has 0 aliphatic heterocycles. The molecule has 112 valence electrons. The van der Waals surface area contributed by atoms with E-state index in [4.69, 9.17) is 0 Å². The molecule has 2 aromatic carbocycles. The molecule has 0 saturated carbocycles. The Labute approximate surface area is 129 Å². The highest BCUT2D eigenvalue weighted by atomic mass is 32.2. The van der Waals surface area contributed by atoms with Gasteiger partial charge in [-0.25, -0.2) is 13.1 Å². The van der Waals surface area contributed by atoms with Crippen molar-refractivity contribution >= 4 is 20.9 Å². The Kier molecular flexibility index (Phi) is 4.18. The van der Waals surface area contributed by atoms with E-state index < -0.39 is 10.0 Å². The summed E-state index contributed by atoms with van der Waals surface area (Å²) in [6.45, 7) is 0.262. The molecule has 0 aliphatic rings. The number of aromatic nitrogens is 1. The van der Waals surface area contributed by atoms with E-state index in [0.29, 0.717) is 0 Å². The first-order valence-electron chi connectivity index (χ1n) is 6.98. The zero-order valence-electron chi connectivity index (χ0n) is 11.9. The second-order valence-corrected chi connectivity index (χ2v) is 6.86. The van der Waals surface area contributed by atoms with E-state index in [2.05, 4.69) is 9.71 Å². The van der Waals surface area contributed by atoms with Crippen molar-refractivity contribution in [3.8, 4) is 0 Å². The molecule has 0 bridgehead atoms. The summed E-state index contributed by atoms with van der Waals surface area (Å²) in [5.41, 5.74) is 2.55. The van der Waals surface area contributed by atoms with E-state index in [0.717, 1.165) is 22.0 Å². The van der Waals surface area contributed by atoms with E-state index >= 15 is 0 Å². The fourth-order valence-corrected chi connectivity index (χ4v) is 3.45. The van der Waals surface area contributed by atoms with Gasteiger partial charge in [0.05, 0.1) is 11.3 Å². The molecule has 1 N–H and O–H groups in total. The van der Waals surface area contributed by atoms with Gasteiger partial charge in [-0.2, -0.15) is 0 Å². The SMILES string of the molecule is O=S(=O)(Cc1ccccc1)NCc1ccnc2ccccc12. The average Bonchev–Trinajstić information content (AvgIpc) is 2.53. The van der Waals surface area contributed by atoms with Crippen LogP contribution in [0.5, 0.6) is 0 Å². The Bertz CT molecular complexity index is 872. The van der Waals surface area contributed by atoms with Gasteiger partial charge in [-0.15, -0.1) is 0 Å². The van der Waals surface area contributed by atoms with Crippen molar-refractivity contribution in [2.45, 2.75) is 12.3 Å². The van der Waals surface area contributed by atoms with Crippen LogP contribution in [0, 0.1) is 0 Å². The van der Waals surface area contributed by atoms with Crippen LogP contribution in [0.4, 0.5) is 0 Å². The van der Waals surface area contributed by atoms with Crippen molar-refractivity contribution in [3.63, 3.8) is 0 Å². The minimum absolute atomic E-state index is 0.0170. The number of hydrogen-bond donors (Lipinski definition) is 1. The fraction of sp³-hybridized carbons (Fsp3) is 0.118. The number of pyridine rings is 1. The smallest absolute Gasteiger partial charge is 0.216 e. The zero-order valence-corrected chi connectivity index (χ0v) is 12.8. The number of hydrogen-bond acceptors (Lipinski definition) is 3. The number of nitrogens with zero attached hydrogens (tertiary/aromatic N) is 1.